The van der Waals surface area contributed by atoms with Gasteiger partial charge in [-0.25, -0.2) is 0 Å². The predicted molar refractivity (Wildman–Crippen MR) is 113 cm³/mol. The minimum atomic E-state index is -0.286. The second-order valence-corrected chi connectivity index (χ2v) is 6.56. The topological polar surface area (TPSA) is 63.2 Å². The molecule has 0 aliphatic carbocycles. The highest BCUT2D eigenvalue weighted by atomic mass is 35.5. The van der Waals surface area contributed by atoms with Crippen molar-refractivity contribution in [3.63, 3.8) is 0 Å². The van der Waals surface area contributed by atoms with Gasteiger partial charge in [0.25, 0.3) is 5.91 Å². The van der Waals surface area contributed by atoms with Crippen LogP contribution in [0.15, 0.2) is 66.9 Å². The predicted octanol–water partition coefficient (Wildman–Crippen LogP) is 5.04. The lowest BCUT2D eigenvalue weighted by atomic mass is 10.1. The number of benzene rings is 2. The molecule has 6 heteroatoms. The van der Waals surface area contributed by atoms with Crippen LogP contribution in [-0.2, 0) is 6.42 Å². The van der Waals surface area contributed by atoms with Gasteiger partial charge in [-0.1, -0.05) is 35.9 Å². The molecule has 0 bridgehead atoms. The van der Waals surface area contributed by atoms with Crippen molar-refractivity contribution >= 4 is 28.9 Å². The summed E-state index contributed by atoms with van der Waals surface area (Å²) in [4.78, 5) is 16.8. The number of amides is 1. The van der Waals surface area contributed by atoms with Crippen molar-refractivity contribution in [1.29, 1.82) is 0 Å². The molecule has 3 rings (SSSR count). The first-order chi connectivity index (χ1) is 13.7. The van der Waals surface area contributed by atoms with E-state index in [9.17, 15) is 4.79 Å². The molecule has 2 N–H and O–H groups in total. The van der Waals surface area contributed by atoms with Crippen LogP contribution in [0.25, 0.3) is 0 Å². The molecule has 0 atom stereocenters. The zero-order chi connectivity index (χ0) is 19.8. The van der Waals surface area contributed by atoms with E-state index in [1.165, 1.54) is 0 Å². The van der Waals surface area contributed by atoms with Crippen molar-refractivity contribution in [3.8, 4) is 5.75 Å². The maximum absolute atomic E-state index is 12.6. The third kappa shape index (κ3) is 5.47. The summed E-state index contributed by atoms with van der Waals surface area (Å²) in [7, 11) is 0. The molecule has 0 saturated heterocycles. The first-order valence-electron chi connectivity index (χ1n) is 9.13. The molecule has 1 aromatic heterocycles. The molecular formula is C22H22ClN3O2. The number of halogens is 1. The summed E-state index contributed by atoms with van der Waals surface area (Å²) < 4.78 is 5.54. The normalized spacial score (nSPS) is 10.4. The van der Waals surface area contributed by atoms with E-state index in [4.69, 9.17) is 16.3 Å². The van der Waals surface area contributed by atoms with Crippen LogP contribution in [0.5, 0.6) is 5.75 Å². The molecule has 1 heterocycles. The van der Waals surface area contributed by atoms with Crippen LogP contribution in [-0.4, -0.2) is 24.0 Å². The van der Waals surface area contributed by atoms with Gasteiger partial charge in [0.15, 0.2) is 0 Å². The molecule has 0 radical (unpaired) electrons. The minimum absolute atomic E-state index is 0.286. The van der Waals surface area contributed by atoms with Crippen molar-refractivity contribution in [1.82, 2.24) is 4.98 Å². The average molecular weight is 396 g/mol. The second-order valence-electron chi connectivity index (χ2n) is 6.12. The van der Waals surface area contributed by atoms with Crippen LogP contribution >= 0.6 is 11.6 Å². The molecular weight excluding hydrogens is 374 g/mol. The van der Waals surface area contributed by atoms with Crippen molar-refractivity contribution in [2.75, 3.05) is 23.8 Å². The first kappa shape index (κ1) is 19.7. The van der Waals surface area contributed by atoms with Crippen LogP contribution in [0.2, 0.25) is 5.02 Å². The van der Waals surface area contributed by atoms with Gasteiger partial charge in [0.2, 0.25) is 0 Å². The standard InChI is InChI=1S/C22H22ClN3O2/c1-2-28-21-9-4-3-8-19(21)26-22(27)20-15-18(11-13-25-20)24-12-10-16-6-5-7-17(23)14-16/h3-9,11,13-15H,2,10,12H2,1H3,(H,24,25)(H,26,27). The summed E-state index contributed by atoms with van der Waals surface area (Å²) in [6.45, 7) is 3.15. The Morgan fingerprint density at radius 1 is 1.11 bits per heavy atom. The highest BCUT2D eigenvalue weighted by Gasteiger charge is 2.11. The lowest BCUT2D eigenvalue weighted by Gasteiger charge is -2.12. The minimum Gasteiger partial charge on any atom is -0.492 e. The molecule has 0 aliphatic rings. The molecule has 1 amide bonds. The SMILES string of the molecule is CCOc1ccccc1NC(=O)c1cc(NCCc2cccc(Cl)c2)ccn1. The quantitative estimate of drug-likeness (QED) is 0.560. The number of hydrogen-bond donors (Lipinski definition) is 2. The molecule has 0 aliphatic heterocycles. The Hall–Kier alpha value is -3.05. The Morgan fingerprint density at radius 2 is 1.96 bits per heavy atom. The molecule has 5 nitrogen and oxygen atoms in total. The van der Waals surface area contributed by atoms with Crippen LogP contribution in [0, 0.1) is 0 Å². The van der Waals surface area contributed by atoms with Crippen molar-refractivity contribution in [3.05, 3.63) is 83.1 Å². The molecule has 144 valence electrons. The Bertz CT molecular complexity index is 946. The molecule has 0 fully saturated rings. The fourth-order valence-electron chi connectivity index (χ4n) is 2.75. The van der Waals surface area contributed by atoms with E-state index < -0.39 is 0 Å². The van der Waals surface area contributed by atoms with Gasteiger partial charge < -0.3 is 15.4 Å². The van der Waals surface area contributed by atoms with Crippen molar-refractivity contribution < 1.29 is 9.53 Å². The van der Waals surface area contributed by atoms with Crippen LogP contribution in [0.4, 0.5) is 11.4 Å². The number of aromatic nitrogens is 1. The Balaban J connectivity index is 1.61. The van der Waals surface area contributed by atoms with Gasteiger partial charge in [-0.15, -0.1) is 0 Å². The largest absolute Gasteiger partial charge is 0.492 e. The Morgan fingerprint density at radius 3 is 2.79 bits per heavy atom. The Labute approximate surface area is 169 Å². The monoisotopic (exact) mass is 395 g/mol. The number of hydrogen-bond acceptors (Lipinski definition) is 4. The van der Waals surface area contributed by atoms with Gasteiger partial charge in [-0.2, -0.15) is 0 Å². The van der Waals surface area contributed by atoms with Crippen molar-refractivity contribution in [2.24, 2.45) is 0 Å². The number of nitrogens with zero attached hydrogens (tertiary/aromatic N) is 1. The summed E-state index contributed by atoms with van der Waals surface area (Å²) in [5.41, 5.74) is 2.94. The van der Waals surface area contributed by atoms with Gasteiger partial charge in [-0.3, -0.25) is 9.78 Å². The van der Waals surface area contributed by atoms with E-state index >= 15 is 0 Å². The number of rotatable bonds is 8. The van der Waals surface area contributed by atoms with E-state index in [2.05, 4.69) is 15.6 Å². The zero-order valence-corrected chi connectivity index (χ0v) is 16.4. The van der Waals surface area contributed by atoms with E-state index in [0.717, 1.165) is 29.2 Å². The van der Waals surface area contributed by atoms with Gasteiger partial charge in [0.1, 0.15) is 11.4 Å². The highest BCUT2D eigenvalue weighted by molar-refractivity contribution is 6.30. The van der Waals surface area contributed by atoms with Crippen molar-refractivity contribution in [2.45, 2.75) is 13.3 Å². The van der Waals surface area contributed by atoms with E-state index in [0.29, 0.717) is 23.7 Å². The third-order valence-corrected chi connectivity index (χ3v) is 4.29. The van der Waals surface area contributed by atoms with Crippen LogP contribution in [0.3, 0.4) is 0 Å². The summed E-state index contributed by atoms with van der Waals surface area (Å²) in [5.74, 6) is 0.347. The second kappa shape index (κ2) is 9.76. The molecule has 3 aromatic rings. The van der Waals surface area contributed by atoms with E-state index in [-0.39, 0.29) is 5.91 Å². The first-order valence-corrected chi connectivity index (χ1v) is 9.51. The summed E-state index contributed by atoms with van der Waals surface area (Å²) in [5, 5.41) is 6.90. The molecule has 2 aromatic carbocycles. The average Bonchev–Trinajstić information content (AvgIpc) is 2.70. The molecule has 0 spiro atoms. The number of nitrogens with one attached hydrogen (secondary N) is 2. The van der Waals surface area contributed by atoms with E-state index in [1.54, 1.807) is 18.3 Å². The maximum atomic E-state index is 12.6. The van der Waals surface area contributed by atoms with Gasteiger partial charge in [0.05, 0.1) is 12.3 Å². The highest BCUT2D eigenvalue weighted by Crippen LogP contribution is 2.24. The molecule has 28 heavy (non-hydrogen) atoms. The summed E-state index contributed by atoms with van der Waals surface area (Å²) in [6, 6.07) is 18.7. The number of para-hydroxylation sites is 2. The fraction of sp³-hybridized carbons (Fsp3) is 0.182. The number of ether oxygens (including phenoxy) is 1. The van der Waals surface area contributed by atoms with Crippen LogP contribution in [0.1, 0.15) is 23.0 Å². The Kier molecular flexibility index (Phi) is 6.87. The van der Waals surface area contributed by atoms with Gasteiger partial charge >= 0.3 is 0 Å². The maximum Gasteiger partial charge on any atom is 0.274 e. The lowest BCUT2D eigenvalue weighted by Crippen LogP contribution is -2.15. The van der Waals surface area contributed by atoms with Crippen LogP contribution < -0.4 is 15.4 Å². The van der Waals surface area contributed by atoms with Gasteiger partial charge in [-0.05, 0) is 55.3 Å². The number of carbonyl (C=O) groups excluding carboxylic acids is 1. The zero-order valence-electron chi connectivity index (χ0n) is 15.6. The smallest absolute Gasteiger partial charge is 0.274 e. The number of pyridine rings is 1. The lowest BCUT2D eigenvalue weighted by molar-refractivity contribution is 0.102. The summed E-state index contributed by atoms with van der Waals surface area (Å²) in [6.07, 6.45) is 2.44. The number of anilines is 2. The van der Waals surface area contributed by atoms with Gasteiger partial charge in [0, 0.05) is 23.5 Å². The summed E-state index contributed by atoms with van der Waals surface area (Å²) >= 11 is 6.01. The molecule has 0 saturated carbocycles. The molecule has 0 unspecified atom stereocenters. The van der Waals surface area contributed by atoms with E-state index in [1.807, 2.05) is 55.5 Å². The third-order valence-electron chi connectivity index (χ3n) is 4.06. The fourth-order valence-corrected chi connectivity index (χ4v) is 2.96. The number of carbonyl (C=O) groups is 1.